The van der Waals surface area contributed by atoms with Crippen LogP contribution in [0.5, 0.6) is 0 Å². The molecular weight excluding hydrogens is 347 g/mol. The number of rotatable bonds is 6. The number of nitrogens with zero attached hydrogens (tertiary/aromatic N) is 4. The van der Waals surface area contributed by atoms with E-state index < -0.39 is 11.4 Å². The Hall–Kier alpha value is -2.67. The van der Waals surface area contributed by atoms with Gasteiger partial charge in [0.25, 0.3) is 5.56 Å². The Bertz CT molecular complexity index is 1010. The molecule has 0 aliphatic rings. The van der Waals surface area contributed by atoms with Crippen LogP contribution in [0.25, 0.3) is 22.3 Å². The van der Waals surface area contributed by atoms with Crippen LogP contribution in [0.4, 0.5) is 4.39 Å². The molecule has 0 fully saturated rings. The van der Waals surface area contributed by atoms with Crippen LogP contribution in [0.15, 0.2) is 35.6 Å². The minimum absolute atomic E-state index is 0.167. The van der Waals surface area contributed by atoms with E-state index >= 15 is 0 Å². The molecule has 0 aliphatic heterocycles. The van der Waals surface area contributed by atoms with Gasteiger partial charge in [-0.05, 0) is 32.4 Å². The van der Waals surface area contributed by atoms with E-state index in [1.54, 1.807) is 13.8 Å². The van der Waals surface area contributed by atoms with E-state index in [1.165, 1.54) is 35.4 Å². The maximum Gasteiger partial charge on any atom is 0.261 e. The van der Waals surface area contributed by atoms with Crippen molar-refractivity contribution in [1.82, 2.24) is 19.5 Å². The second-order valence-corrected chi connectivity index (χ2v) is 7.15. The van der Waals surface area contributed by atoms with Gasteiger partial charge in [-0.2, -0.15) is 0 Å². The van der Waals surface area contributed by atoms with Crippen LogP contribution in [0.1, 0.15) is 45.6 Å². The summed E-state index contributed by atoms with van der Waals surface area (Å²) in [5.74, 6) is -0.403. The first kappa shape index (κ1) is 19.1. The summed E-state index contributed by atoms with van der Waals surface area (Å²) in [6.07, 6.45) is 7.39. The number of halogens is 1. The number of aromatic nitrogens is 4. The van der Waals surface area contributed by atoms with Crippen molar-refractivity contribution < 1.29 is 9.50 Å². The third kappa shape index (κ3) is 4.03. The van der Waals surface area contributed by atoms with Crippen molar-refractivity contribution in [3.63, 3.8) is 0 Å². The molecule has 0 amide bonds. The zero-order valence-corrected chi connectivity index (χ0v) is 15.7. The van der Waals surface area contributed by atoms with Crippen LogP contribution in [0.3, 0.4) is 0 Å². The molecule has 0 spiro atoms. The highest BCUT2D eigenvalue weighted by molar-refractivity contribution is 5.82. The zero-order valence-electron chi connectivity index (χ0n) is 15.7. The summed E-state index contributed by atoms with van der Waals surface area (Å²) in [5, 5.41) is 10.2. The average Bonchev–Trinajstić information content (AvgIpc) is 2.63. The molecule has 2 heterocycles. The van der Waals surface area contributed by atoms with E-state index in [0.29, 0.717) is 17.6 Å². The SMILES string of the molecule is CCCCCn1cnc2cc(-c3ncc(C(C)(C)O)cn3)c(F)cc2c1=O. The van der Waals surface area contributed by atoms with Gasteiger partial charge in [0.15, 0.2) is 5.82 Å². The minimum atomic E-state index is -1.08. The summed E-state index contributed by atoms with van der Waals surface area (Å²) in [5.41, 5.74) is -0.232. The highest BCUT2D eigenvalue weighted by Crippen LogP contribution is 2.24. The molecule has 142 valence electrons. The van der Waals surface area contributed by atoms with Gasteiger partial charge in [0.1, 0.15) is 5.82 Å². The van der Waals surface area contributed by atoms with Crippen molar-refractivity contribution in [2.75, 3.05) is 0 Å². The molecule has 0 unspecified atom stereocenters. The van der Waals surface area contributed by atoms with Gasteiger partial charge >= 0.3 is 0 Å². The summed E-state index contributed by atoms with van der Waals surface area (Å²) in [7, 11) is 0. The second-order valence-electron chi connectivity index (χ2n) is 7.15. The van der Waals surface area contributed by atoms with Gasteiger partial charge in [0, 0.05) is 24.5 Å². The molecule has 0 atom stereocenters. The average molecular weight is 370 g/mol. The summed E-state index contributed by atoms with van der Waals surface area (Å²) >= 11 is 0. The standard InChI is InChI=1S/C20H23FN4O2/c1-4-5-6-7-25-12-24-17-9-14(16(21)8-15(17)19(25)26)18-22-10-13(11-23-18)20(2,3)27/h8-12,27H,4-7H2,1-3H3. The highest BCUT2D eigenvalue weighted by Gasteiger charge is 2.18. The molecule has 1 N–H and O–H groups in total. The van der Waals surface area contributed by atoms with Crippen LogP contribution in [-0.4, -0.2) is 24.6 Å². The number of hydrogen-bond acceptors (Lipinski definition) is 5. The molecular formula is C20H23FN4O2. The molecule has 0 bridgehead atoms. The topological polar surface area (TPSA) is 80.9 Å². The Morgan fingerprint density at radius 1 is 1.15 bits per heavy atom. The summed E-state index contributed by atoms with van der Waals surface area (Å²) < 4.78 is 16.2. The second kappa shape index (κ2) is 7.52. The number of hydrogen-bond donors (Lipinski definition) is 1. The van der Waals surface area contributed by atoms with Crippen molar-refractivity contribution >= 4 is 10.9 Å². The van der Waals surface area contributed by atoms with E-state index in [4.69, 9.17) is 0 Å². The largest absolute Gasteiger partial charge is 0.386 e. The molecule has 3 aromatic rings. The summed E-state index contributed by atoms with van der Waals surface area (Å²) in [6.45, 7) is 5.91. The van der Waals surface area contributed by atoms with Crippen molar-refractivity contribution in [1.29, 1.82) is 0 Å². The van der Waals surface area contributed by atoms with E-state index in [-0.39, 0.29) is 22.3 Å². The molecule has 3 rings (SSSR count). The first-order chi connectivity index (χ1) is 12.8. The van der Waals surface area contributed by atoms with Gasteiger partial charge in [-0.15, -0.1) is 0 Å². The molecule has 6 nitrogen and oxygen atoms in total. The maximum absolute atomic E-state index is 14.7. The Morgan fingerprint density at radius 2 is 1.85 bits per heavy atom. The van der Waals surface area contributed by atoms with E-state index in [0.717, 1.165) is 19.3 Å². The third-order valence-corrected chi connectivity index (χ3v) is 4.51. The molecule has 0 saturated heterocycles. The lowest BCUT2D eigenvalue weighted by Crippen LogP contribution is -2.21. The molecule has 1 aromatic carbocycles. The quantitative estimate of drug-likeness (QED) is 0.673. The fourth-order valence-electron chi connectivity index (χ4n) is 2.82. The molecule has 0 aliphatic carbocycles. The minimum Gasteiger partial charge on any atom is -0.386 e. The lowest BCUT2D eigenvalue weighted by atomic mass is 10.0. The monoisotopic (exact) mass is 370 g/mol. The van der Waals surface area contributed by atoms with Crippen molar-refractivity contribution in [3.8, 4) is 11.4 Å². The van der Waals surface area contributed by atoms with Crippen LogP contribution < -0.4 is 5.56 Å². The summed E-state index contributed by atoms with van der Waals surface area (Å²) in [4.78, 5) is 25.2. The summed E-state index contributed by atoms with van der Waals surface area (Å²) in [6, 6.07) is 2.69. The Kier molecular flexibility index (Phi) is 5.32. The van der Waals surface area contributed by atoms with Crippen LogP contribution in [0.2, 0.25) is 0 Å². The first-order valence-corrected chi connectivity index (χ1v) is 9.05. The van der Waals surface area contributed by atoms with Crippen LogP contribution in [0, 0.1) is 5.82 Å². The van der Waals surface area contributed by atoms with Crippen LogP contribution >= 0.6 is 0 Å². The maximum atomic E-state index is 14.7. The normalized spacial score (nSPS) is 11.9. The van der Waals surface area contributed by atoms with Crippen molar-refractivity contribution in [2.45, 2.75) is 52.2 Å². The lowest BCUT2D eigenvalue weighted by molar-refractivity contribution is 0.0778. The van der Waals surface area contributed by atoms with E-state index in [2.05, 4.69) is 21.9 Å². The number of aryl methyl sites for hydroxylation is 1. The van der Waals surface area contributed by atoms with Gasteiger partial charge in [0.05, 0.1) is 28.4 Å². The van der Waals surface area contributed by atoms with Crippen molar-refractivity contribution in [2.24, 2.45) is 0 Å². The number of aliphatic hydroxyl groups is 1. The number of fused-ring (bicyclic) bond motifs is 1. The molecule has 27 heavy (non-hydrogen) atoms. The molecule has 7 heteroatoms. The zero-order chi connectivity index (χ0) is 19.6. The number of unbranched alkanes of at least 4 members (excludes halogenated alkanes) is 2. The predicted octanol–water partition coefficient (Wildman–Crippen LogP) is 3.41. The lowest BCUT2D eigenvalue weighted by Gasteiger charge is -2.16. The Morgan fingerprint density at radius 3 is 2.48 bits per heavy atom. The molecule has 0 radical (unpaired) electrons. The molecule has 0 saturated carbocycles. The molecule has 2 aromatic heterocycles. The third-order valence-electron chi connectivity index (χ3n) is 4.51. The van der Waals surface area contributed by atoms with Crippen LogP contribution in [-0.2, 0) is 12.1 Å². The van der Waals surface area contributed by atoms with Gasteiger partial charge in [-0.25, -0.2) is 19.3 Å². The first-order valence-electron chi connectivity index (χ1n) is 9.05. The smallest absolute Gasteiger partial charge is 0.261 e. The van der Waals surface area contributed by atoms with Crippen molar-refractivity contribution in [3.05, 3.63) is 52.6 Å². The van der Waals surface area contributed by atoms with Gasteiger partial charge in [-0.3, -0.25) is 9.36 Å². The van der Waals surface area contributed by atoms with E-state index in [1.807, 2.05) is 0 Å². The fourth-order valence-corrected chi connectivity index (χ4v) is 2.82. The Labute approximate surface area is 156 Å². The predicted molar refractivity (Wildman–Crippen MR) is 102 cm³/mol. The number of benzene rings is 1. The van der Waals surface area contributed by atoms with Gasteiger partial charge in [0.2, 0.25) is 0 Å². The van der Waals surface area contributed by atoms with Gasteiger partial charge in [-0.1, -0.05) is 19.8 Å². The Balaban J connectivity index is 2.00. The fraction of sp³-hybridized carbons (Fsp3) is 0.400. The van der Waals surface area contributed by atoms with E-state index in [9.17, 15) is 14.3 Å². The van der Waals surface area contributed by atoms with Gasteiger partial charge < -0.3 is 5.11 Å². The highest BCUT2D eigenvalue weighted by atomic mass is 19.1.